The number of primary sulfonamides is 1. The van der Waals surface area contributed by atoms with Crippen LogP contribution in [0.1, 0.15) is 31.2 Å². The third kappa shape index (κ3) is 2.08. The van der Waals surface area contributed by atoms with Gasteiger partial charge < -0.3 is 0 Å². The van der Waals surface area contributed by atoms with Crippen LogP contribution in [-0.2, 0) is 14.8 Å². The van der Waals surface area contributed by atoms with Gasteiger partial charge in [-0.05, 0) is 40.9 Å². The molecule has 7 heteroatoms. The van der Waals surface area contributed by atoms with Crippen molar-refractivity contribution in [3.63, 3.8) is 0 Å². The number of hydrogen-bond acceptors (Lipinski definition) is 2. The van der Waals surface area contributed by atoms with Crippen molar-refractivity contribution in [2.24, 2.45) is 5.14 Å². The fourth-order valence-electron chi connectivity index (χ4n) is 2.54. The van der Waals surface area contributed by atoms with Crippen molar-refractivity contribution in [2.75, 3.05) is 0 Å². The highest BCUT2D eigenvalue weighted by molar-refractivity contribution is 9.10. The van der Waals surface area contributed by atoms with Gasteiger partial charge in [0.05, 0.1) is 4.47 Å². The Morgan fingerprint density at radius 2 is 1.78 bits per heavy atom. The average molecular weight is 340 g/mol. The molecule has 1 aliphatic carbocycles. The Labute approximate surface area is 113 Å². The molecule has 3 nitrogen and oxygen atoms in total. The molecule has 0 atom stereocenters. The number of nitrogens with two attached hydrogens (primary N) is 1. The monoisotopic (exact) mass is 339 g/mol. The van der Waals surface area contributed by atoms with E-state index in [1.54, 1.807) is 0 Å². The lowest BCUT2D eigenvalue weighted by Gasteiger charge is -2.27. The van der Waals surface area contributed by atoms with Gasteiger partial charge in [0.1, 0.15) is 16.4 Å². The molecule has 0 unspecified atom stereocenters. The summed E-state index contributed by atoms with van der Waals surface area (Å²) in [5.41, 5.74) is -0.172. The van der Waals surface area contributed by atoms with E-state index in [1.807, 2.05) is 0 Å². The van der Waals surface area contributed by atoms with Crippen LogP contribution in [0.3, 0.4) is 0 Å². The molecule has 0 aliphatic heterocycles. The highest BCUT2D eigenvalue weighted by atomic mass is 79.9. The van der Waals surface area contributed by atoms with Gasteiger partial charge in [-0.2, -0.15) is 0 Å². The molecule has 0 radical (unpaired) electrons. The summed E-state index contributed by atoms with van der Waals surface area (Å²) in [5, 5.41) is 5.24. The van der Waals surface area contributed by atoms with Gasteiger partial charge in [-0.15, -0.1) is 0 Å². The highest BCUT2D eigenvalue weighted by Gasteiger charge is 2.47. The first kappa shape index (κ1) is 13.9. The average Bonchev–Trinajstić information content (AvgIpc) is 2.72. The maximum absolute atomic E-state index is 14.1. The molecule has 100 valence electrons. The van der Waals surface area contributed by atoms with Crippen LogP contribution in [0.2, 0.25) is 0 Å². The van der Waals surface area contributed by atoms with Crippen molar-refractivity contribution in [2.45, 2.75) is 30.4 Å². The molecule has 0 spiro atoms. The summed E-state index contributed by atoms with van der Waals surface area (Å²) in [6, 6.07) is 1.89. The smallest absolute Gasteiger partial charge is 0.219 e. The van der Waals surface area contributed by atoms with E-state index in [4.69, 9.17) is 5.14 Å². The van der Waals surface area contributed by atoms with Gasteiger partial charge >= 0.3 is 0 Å². The summed E-state index contributed by atoms with van der Waals surface area (Å²) in [7, 11) is -4.00. The lowest BCUT2D eigenvalue weighted by Crippen LogP contribution is -2.39. The Morgan fingerprint density at radius 3 is 2.28 bits per heavy atom. The van der Waals surface area contributed by atoms with Crippen LogP contribution in [-0.4, -0.2) is 8.42 Å². The van der Waals surface area contributed by atoms with Crippen molar-refractivity contribution < 1.29 is 17.2 Å². The van der Waals surface area contributed by atoms with Crippen LogP contribution < -0.4 is 5.14 Å². The minimum atomic E-state index is -4.00. The predicted octanol–water partition coefficient (Wildman–Crippen LogP) is 2.79. The van der Waals surface area contributed by atoms with Crippen LogP contribution >= 0.6 is 15.9 Å². The van der Waals surface area contributed by atoms with Gasteiger partial charge in [-0.1, -0.05) is 12.8 Å². The molecule has 1 aromatic rings. The molecule has 18 heavy (non-hydrogen) atoms. The van der Waals surface area contributed by atoms with Gasteiger partial charge in [-0.25, -0.2) is 22.3 Å². The lowest BCUT2D eigenvalue weighted by atomic mass is 9.96. The summed E-state index contributed by atoms with van der Waals surface area (Å²) in [6.07, 6.45) is 1.70. The summed E-state index contributed by atoms with van der Waals surface area (Å²) in [5.74, 6) is -1.44. The van der Waals surface area contributed by atoms with Gasteiger partial charge in [-0.3, -0.25) is 0 Å². The Morgan fingerprint density at radius 1 is 1.22 bits per heavy atom. The standard InChI is InChI=1S/C11H12BrF2NO2S/c12-9-6-7(13)5-8(10(9)14)11(18(15,16)17)3-1-2-4-11/h5-6H,1-4H2,(H2,15,16,17). The number of hydrogen-bond donors (Lipinski definition) is 1. The third-order valence-corrected chi connectivity index (χ3v) is 5.73. The van der Waals surface area contributed by atoms with Gasteiger partial charge in [0.2, 0.25) is 10.0 Å². The number of rotatable bonds is 2. The Bertz CT molecular complexity index is 583. The van der Waals surface area contributed by atoms with E-state index in [0.717, 1.165) is 12.1 Å². The molecule has 1 aliphatic rings. The number of sulfonamides is 1. The highest BCUT2D eigenvalue weighted by Crippen LogP contribution is 2.46. The van der Waals surface area contributed by atoms with Crippen LogP contribution in [0.5, 0.6) is 0 Å². The molecule has 1 saturated carbocycles. The SMILES string of the molecule is NS(=O)(=O)C1(c2cc(F)cc(Br)c2F)CCCC1. The maximum Gasteiger partial charge on any atom is 0.219 e. The van der Waals surface area contributed by atoms with E-state index < -0.39 is 26.4 Å². The molecular weight excluding hydrogens is 328 g/mol. The van der Waals surface area contributed by atoms with Gasteiger partial charge in [0, 0.05) is 5.56 Å². The van der Waals surface area contributed by atoms with E-state index in [0.29, 0.717) is 12.8 Å². The third-order valence-electron chi connectivity index (χ3n) is 3.44. The van der Waals surface area contributed by atoms with Crippen molar-refractivity contribution >= 4 is 26.0 Å². The molecule has 1 aromatic carbocycles. The normalized spacial score (nSPS) is 19.1. The fourth-order valence-corrected chi connectivity index (χ4v) is 4.29. The molecular formula is C11H12BrF2NO2S. The van der Waals surface area contributed by atoms with Crippen molar-refractivity contribution in [1.29, 1.82) is 0 Å². The zero-order valence-electron chi connectivity index (χ0n) is 9.42. The fraction of sp³-hybridized carbons (Fsp3) is 0.455. The predicted molar refractivity (Wildman–Crippen MR) is 67.3 cm³/mol. The zero-order valence-corrected chi connectivity index (χ0v) is 11.8. The summed E-state index contributed by atoms with van der Waals surface area (Å²) < 4.78 is 49.5. The molecule has 2 N–H and O–H groups in total. The molecule has 2 rings (SSSR count). The number of halogens is 3. The largest absolute Gasteiger partial charge is 0.228 e. The zero-order chi connectivity index (χ0) is 13.6. The molecule has 1 fully saturated rings. The second-order valence-corrected chi connectivity index (χ2v) is 7.22. The molecule has 0 aromatic heterocycles. The summed E-state index contributed by atoms with van der Waals surface area (Å²) in [4.78, 5) is 0. The minimum Gasteiger partial charge on any atom is -0.228 e. The molecule has 0 heterocycles. The van der Waals surface area contributed by atoms with Crippen LogP contribution in [0.4, 0.5) is 8.78 Å². The topological polar surface area (TPSA) is 60.2 Å². The first-order chi connectivity index (χ1) is 8.28. The quantitative estimate of drug-likeness (QED) is 0.842. The van der Waals surface area contributed by atoms with Crippen molar-refractivity contribution in [3.05, 3.63) is 33.8 Å². The molecule has 0 saturated heterocycles. The van der Waals surface area contributed by atoms with E-state index in [9.17, 15) is 17.2 Å². The second kappa shape index (κ2) is 4.54. The Kier molecular flexibility index (Phi) is 3.50. The van der Waals surface area contributed by atoms with Crippen LogP contribution in [0.15, 0.2) is 16.6 Å². The maximum atomic E-state index is 14.1. The van der Waals surface area contributed by atoms with Crippen LogP contribution in [0.25, 0.3) is 0 Å². The number of benzene rings is 1. The summed E-state index contributed by atoms with van der Waals surface area (Å²) >= 11 is 2.88. The first-order valence-corrected chi connectivity index (χ1v) is 7.79. The Hall–Kier alpha value is -0.530. The second-order valence-electron chi connectivity index (χ2n) is 4.50. The molecule has 0 bridgehead atoms. The first-order valence-electron chi connectivity index (χ1n) is 5.45. The lowest BCUT2D eigenvalue weighted by molar-refractivity contribution is 0.492. The van der Waals surface area contributed by atoms with E-state index in [-0.39, 0.29) is 22.9 Å². The minimum absolute atomic E-state index is 0.0903. The van der Waals surface area contributed by atoms with E-state index >= 15 is 0 Å². The Balaban J connectivity index is 2.72. The summed E-state index contributed by atoms with van der Waals surface area (Å²) in [6.45, 7) is 0. The van der Waals surface area contributed by atoms with Crippen molar-refractivity contribution in [1.82, 2.24) is 0 Å². The van der Waals surface area contributed by atoms with Gasteiger partial charge in [0.15, 0.2) is 0 Å². The van der Waals surface area contributed by atoms with Crippen LogP contribution in [0, 0.1) is 11.6 Å². The van der Waals surface area contributed by atoms with E-state index in [1.165, 1.54) is 0 Å². The van der Waals surface area contributed by atoms with Crippen molar-refractivity contribution in [3.8, 4) is 0 Å². The van der Waals surface area contributed by atoms with Gasteiger partial charge in [0.25, 0.3) is 0 Å². The molecule has 0 amide bonds. The van der Waals surface area contributed by atoms with E-state index in [2.05, 4.69) is 15.9 Å².